The molecule has 0 radical (unpaired) electrons. The number of hydrogen-bond acceptors (Lipinski definition) is 3. The molecule has 0 aliphatic carbocycles. The zero-order valence-corrected chi connectivity index (χ0v) is 14.7. The molecule has 1 unspecified atom stereocenters. The molecule has 7 heteroatoms. The number of benzene rings is 1. The number of rotatable bonds is 9. The van der Waals surface area contributed by atoms with E-state index in [9.17, 15) is 8.78 Å². The predicted octanol–water partition coefficient (Wildman–Crippen LogP) is 2.12. The minimum absolute atomic E-state index is 0.354. The van der Waals surface area contributed by atoms with Crippen LogP contribution in [0.5, 0.6) is 0 Å². The van der Waals surface area contributed by atoms with E-state index in [4.69, 9.17) is 9.47 Å². The summed E-state index contributed by atoms with van der Waals surface area (Å²) in [5, 5.41) is 6.27. The quantitative estimate of drug-likeness (QED) is 0.405. The first-order valence-electron chi connectivity index (χ1n) is 8.73. The van der Waals surface area contributed by atoms with Gasteiger partial charge in [-0.15, -0.1) is 0 Å². The zero-order valence-electron chi connectivity index (χ0n) is 14.7. The maximum absolute atomic E-state index is 13.5. The number of nitrogens with one attached hydrogen (secondary N) is 2. The average molecular weight is 355 g/mol. The molecule has 2 rings (SSSR count). The summed E-state index contributed by atoms with van der Waals surface area (Å²) in [6, 6.07) is 3.49. The van der Waals surface area contributed by atoms with Crippen LogP contribution in [-0.2, 0) is 15.9 Å². The first-order valence-corrected chi connectivity index (χ1v) is 8.73. The van der Waals surface area contributed by atoms with Crippen molar-refractivity contribution in [3.05, 3.63) is 35.4 Å². The molecule has 1 aliphatic heterocycles. The predicted molar refractivity (Wildman–Crippen MR) is 93.8 cm³/mol. The molecule has 0 spiro atoms. The molecule has 0 bridgehead atoms. The second kappa shape index (κ2) is 11.0. The topological polar surface area (TPSA) is 54.9 Å². The van der Waals surface area contributed by atoms with Gasteiger partial charge in [-0.05, 0) is 43.0 Å². The fourth-order valence-electron chi connectivity index (χ4n) is 2.62. The summed E-state index contributed by atoms with van der Waals surface area (Å²) in [4.78, 5) is 4.11. The van der Waals surface area contributed by atoms with E-state index >= 15 is 0 Å². The minimum Gasteiger partial charge on any atom is -0.381 e. The van der Waals surface area contributed by atoms with Gasteiger partial charge >= 0.3 is 0 Å². The van der Waals surface area contributed by atoms with Crippen LogP contribution < -0.4 is 10.6 Å². The summed E-state index contributed by atoms with van der Waals surface area (Å²) < 4.78 is 37.6. The van der Waals surface area contributed by atoms with Gasteiger partial charge in [0.15, 0.2) is 5.96 Å². The lowest BCUT2D eigenvalue weighted by Crippen LogP contribution is -2.39. The minimum atomic E-state index is -0.428. The highest BCUT2D eigenvalue weighted by molar-refractivity contribution is 5.79. The molecule has 1 saturated heterocycles. The first-order chi connectivity index (χ1) is 12.2. The van der Waals surface area contributed by atoms with Gasteiger partial charge in [0.25, 0.3) is 0 Å². The molecule has 1 heterocycles. The van der Waals surface area contributed by atoms with Crippen LogP contribution in [0.25, 0.3) is 0 Å². The Balaban J connectivity index is 1.55. The Hall–Kier alpha value is -1.73. The van der Waals surface area contributed by atoms with Gasteiger partial charge in [-0.2, -0.15) is 0 Å². The lowest BCUT2D eigenvalue weighted by molar-refractivity contribution is 0.0888. The van der Waals surface area contributed by atoms with Gasteiger partial charge in [-0.3, -0.25) is 4.99 Å². The third kappa shape index (κ3) is 7.36. The molecule has 0 saturated carbocycles. The average Bonchev–Trinajstić information content (AvgIpc) is 3.12. The van der Waals surface area contributed by atoms with Crippen LogP contribution in [0.4, 0.5) is 8.78 Å². The molecule has 0 amide bonds. The Morgan fingerprint density at radius 1 is 1.32 bits per heavy atom. The third-order valence-corrected chi connectivity index (χ3v) is 4.05. The van der Waals surface area contributed by atoms with Gasteiger partial charge < -0.3 is 20.1 Å². The van der Waals surface area contributed by atoms with E-state index in [1.54, 1.807) is 7.05 Å². The lowest BCUT2D eigenvalue weighted by atomic mass is 10.1. The molecule has 1 aromatic rings. The van der Waals surface area contributed by atoms with Crippen molar-refractivity contribution in [3.63, 3.8) is 0 Å². The molecular formula is C18H27F2N3O2. The van der Waals surface area contributed by atoms with E-state index in [2.05, 4.69) is 15.6 Å². The van der Waals surface area contributed by atoms with E-state index in [0.29, 0.717) is 37.0 Å². The second-order valence-electron chi connectivity index (χ2n) is 6.07. The van der Waals surface area contributed by atoms with E-state index in [-0.39, 0.29) is 0 Å². The number of halogens is 2. The van der Waals surface area contributed by atoms with Crippen molar-refractivity contribution in [1.82, 2.24) is 10.6 Å². The van der Waals surface area contributed by atoms with Gasteiger partial charge in [0.2, 0.25) is 0 Å². The van der Waals surface area contributed by atoms with Crippen molar-refractivity contribution in [2.75, 3.05) is 46.6 Å². The largest absolute Gasteiger partial charge is 0.381 e. The SMILES string of the molecule is CN=C(NCCCOCC1CCOC1)NCCc1cc(F)ccc1F. The first kappa shape index (κ1) is 19.6. The lowest BCUT2D eigenvalue weighted by Gasteiger charge is -2.13. The normalized spacial score (nSPS) is 17.7. The van der Waals surface area contributed by atoms with Crippen LogP contribution in [-0.4, -0.2) is 52.5 Å². The highest BCUT2D eigenvalue weighted by atomic mass is 19.1. The summed E-state index contributed by atoms with van der Waals surface area (Å²) in [5.74, 6) is 0.352. The standard InChI is InChI=1S/C18H27F2N3O2/c1-21-18(22-7-2-9-24-12-14-6-10-25-13-14)23-8-5-15-11-16(19)3-4-17(15)20/h3-4,11,14H,2,5-10,12-13H2,1H3,(H2,21,22,23). The van der Waals surface area contributed by atoms with Crippen molar-refractivity contribution in [1.29, 1.82) is 0 Å². The van der Waals surface area contributed by atoms with E-state index in [1.165, 1.54) is 6.07 Å². The Morgan fingerprint density at radius 2 is 2.16 bits per heavy atom. The van der Waals surface area contributed by atoms with Crippen LogP contribution in [0, 0.1) is 17.6 Å². The highest BCUT2D eigenvalue weighted by Crippen LogP contribution is 2.12. The van der Waals surface area contributed by atoms with Gasteiger partial charge in [0.05, 0.1) is 13.2 Å². The highest BCUT2D eigenvalue weighted by Gasteiger charge is 2.15. The second-order valence-corrected chi connectivity index (χ2v) is 6.07. The van der Waals surface area contributed by atoms with Crippen molar-refractivity contribution in [2.45, 2.75) is 19.3 Å². The maximum Gasteiger partial charge on any atom is 0.190 e. The van der Waals surface area contributed by atoms with Crippen molar-refractivity contribution in [3.8, 4) is 0 Å². The van der Waals surface area contributed by atoms with Crippen LogP contribution in [0.15, 0.2) is 23.2 Å². The molecule has 2 N–H and O–H groups in total. The fourth-order valence-corrected chi connectivity index (χ4v) is 2.62. The molecule has 5 nitrogen and oxygen atoms in total. The van der Waals surface area contributed by atoms with Gasteiger partial charge in [0.1, 0.15) is 11.6 Å². The maximum atomic E-state index is 13.5. The molecule has 140 valence electrons. The van der Waals surface area contributed by atoms with Crippen molar-refractivity contribution in [2.24, 2.45) is 10.9 Å². The Morgan fingerprint density at radius 3 is 2.92 bits per heavy atom. The Kier molecular flexibility index (Phi) is 8.62. The molecule has 25 heavy (non-hydrogen) atoms. The Bertz CT molecular complexity index is 549. The van der Waals surface area contributed by atoms with Crippen LogP contribution in [0.3, 0.4) is 0 Å². The zero-order chi connectivity index (χ0) is 17.9. The molecule has 1 atom stereocenters. The number of aliphatic imine (C=N–C) groups is 1. The molecule has 0 aromatic heterocycles. The van der Waals surface area contributed by atoms with Gasteiger partial charge in [-0.25, -0.2) is 8.78 Å². The summed E-state index contributed by atoms with van der Waals surface area (Å²) in [6.45, 7) is 4.30. The number of guanidine groups is 1. The van der Waals surface area contributed by atoms with Gasteiger partial charge in [0, 0.05) is 39.3 Å². The van der Waals surface area contributed by atoms with Crippen LogP contribution in [0.2, 0.25) is 0 Å². The van der Waals surface area contributed by atoms with E-state index in [0.717, 1.165) is 51.3 Å². The van der Waals surface area contributed by atoms with E-state index in [1.807, 2.05) is 0 Å². The van der Waals surface area contributed by atoms with Gasteiger partial charge in [-0.1, -0.05) is 0 Å². The third-order valence-electron chi connectivity index (χ3n) is 4.05. The summed E-state index contributed by atoms with van der Waals surface area (Å²) in [7, 11) is 1.68. The van der Waals surface area contributed by atoms with Crippen LogP contribution in [0.1, 0.15) is 18.4 Å². The van der Waals surface area contributed by atoms with Crippen LogP contribution >= 0.6 is 0 Å². The van der Waals surface area contributed by atoms with Crippen molar-refractivity contribution < 1.29 is 18.3 Å². The van der Waals surface area contributed by atoms with E-state index < -0.39 is 11.6 Å². The molecular weight excluding hydrogens is 328 g/mol. The number of ether oxygens (including phenoxy) is 2. The summed E-state index contributed by atoms with van der Waals surface area (Å²) in [5.41, 5.74) is 0.354. The van der Waals surface area contributed by atoms with Crippen molar-refractivity contribution >= 4 is 5.96 Å². The molecule has 1 aliphatic rings. The molecule has 1 aromatic carbocycles. The summed E-state index contributed by atoms with van der Waals surface area (Å²) >= 11 is 0. The smallest absolute Gasteiger partial charge is 0.190 e. The monoisotopic (exact) mass is 355 g/mol. The summed E-state index contributed by atoms with van der Waals surface area (Å²) in [6.07, 6.45) is 2.34. The molecule has 1 fully saturated rings. The Labute approximate surface area is 147 Å². The number of hydrogen-bond donors (Lipinski definition) is 2. The fraction of sp³-hybridized carbons (Fsp3) is 0.611. The number of nitrogens with zero attached hydrogens (tertiary/aromatic N) is 1.